The molecule has 0 aromatic carbocycles. The fraction of sp³-hybridized carbons (Fsp3) is 1.00. The van der Waals surface area contributed by atoms with Crippen LogP contribution < -0.4 is 5.73 Å². The zero-order valence-electron chi connectivity index (χ0n) is 5.06. The summed E-state index contributed by atoms with van der Waals surface area (Å²) < 4.78 is 0. The predicted molar refractivity (Wildman–Crippen MR) is 32.5 cm³/mol. The topological polar surface area (TPSA) is 46.2 Å². The Morgan fingerprint density at radius 3 is 2.25 bits per heavy atom. The Balaban J connectivity index is 2.20. The lowest BCUT2D eigenvalue weighted by Crippen LogP contribution is -2.47. The summed E-state index contributed by atoms with van der Waals surface area (Å²) >= 11 is 0. The fourth-order valence-electron chi connectivity index (χ4n) is 1.10. The van der Waals surface area contributed by atoms with E-state index in [-0.39, 0.29) is 12.1 Å². The lowest BCUT2D eigenvalue weighted by molar-refractivity contribution is 0.172. The number of nitrogens with two attached hydrogens (primary N) is 1. The van der Waals surface area contributed by atoms with Crippen LogP contribution >= 0.6 is 0 Å². The van der Waals surface area contributed by atoms with E-state index in [0.29, 0.717) is 0 Å². The van der Waals surface area contributed by atoms with Crippen LogP contribution in [-0.2, 0) is 0 Å². The molecule has 0 radical (unpaired) electrons. The summed E-state index contributed by atoms with van der Waals surface area (Å²) in [4.78, 5) is 0. The number of aliphatic hydroxyl groups is 1. The molecule has 2 nitrogen and oxygen atoms in total. The average molecular weight is 115 g/mol. The second-order valence-corrected chi connectivity index (χ2v) is 2.69. The van der Waals surface area contributed by atoms with E-state index in [4.69, 9.17) is 10.8 Å². The maximum absolute atomic E-state index is 8.49. The molecule has 1 fully saturated rings. The van der Waals surface area contributed by atoms with Gasteiger partial charge in [-0.15, -0.1) is 0 Å². The smallest absolute Gasteiger partial charge is 0.0448 e. The first-order valence-electron chi connectivity index (χ1n) is 3.17. The summed E-state index contributed by atoms with van der Waals surface area (Å²) in [7, 11) is 0. The highest BCUT2D eigenvalue weighted by Gasteiger charge is 2.31. The SMILES string of the molecule is NC1(CCO)CCC1. The number of aliphatic hydroxyl groups excluding tert-OH is 1. The summed E-state index contributed by atoms with van der Waals surface area (Å²) in [6.07, 6.45) is 4.24. The van der Waals surface area contributed by atoms with Crippen LogP contribution in [0.2, 0.25) is 0 Å². The van der Waals surface area contributed by atoms with E-state index in [1.165, 1.54) is 6.42 Å². The molecule has 0 saturated heterocycles. The lowest BCUT2D eigenvalue weighted by Gasteiger charge is -2.37. The van der Waals surface area contributed by atoms with Gasteiger partial charge in [-0.3, -0.25) is 0 Å². The van der Waals surface area contributed by atoms with Crippen LogP contribution in [0.5, 0.6) is 0 Å². The highest BCUT2D eigenvalue weighted by atomic mass is 16.3. The number of hydrogen-bond acceptors (Lipinski definition) is 2. The summed E-state index contributed by atoms with van der Waals surface area (Å²) in [5.41, 5.74) is 5.78. The Kier molecular flexibility index (Phi) is 1.54. The third kappa shape index (κ3) is 1.01. The third-order valence-electron chi connectivity index (χ3n) is 1.96. The molecular weight excluding hydrogens is 102 g/mol. The van der Waals surface area contributed by atoms with Gasteiger partial charge in [-0.2, -0.15) is 0 Å². The van der Waals surface area contributed by atoms with Crippen molar-refractivity contribution in [2.45, 2.75) is 31.2 Å². The minimum absolute atomic E-state index is 0.0226. The molecule has 0 aliphatic heterocycles. The zero-order valence-corrected chi connectivity index (χ0v) is 5.06. The minimum Gasteiger partial charge on any atom is -0.396 e. The number of hydrogen-bond donors (Lipinski definition) is 2. The maximum atomic E-state index is 8.49. The van der Waals surface area contributed by atoms with E-state index in [9.17, 15) is 0 Å². The molecule has 0 bridgehead atoms. The Bertz CT molecular complexity index is 78.6. The van der Waals surface area contributed by atoms with Gasteiger partial charge < -0.3 is 10.8 Å². The molecule has 0 atom stereocenters. The van der Waals surface area contributed by atoms with Gasteiger partial charge in [0.2, 0.25) is 0 Å². The summed E-state index contributed by atoms with van der Waals surface area (Å²) in [6, 6.07) is 0. The molecule has 8 heavy (non-hydrogen) atoms. The van der Waals surface area contributed by atoms with E-state index in [2.05, 4.69) is 0 Å². The Morgan fingerprint density at radius 1 is 1.50 bits per heavy atom. The first kappa shape index (κ1) is 6.05. The van der Waals surface area contributed by atoms with Gasteiger partial charge >= 0.3 is 0 Å². The monoisotopic (exact) mass is 115 g/mol. The predicted octanol–water partition coefficient (Wildman–Crippen LogP) is 0.250. The van der Waals surface area contributed by atoms with E-state index >= 15 is 0 Å². The van der Waals surface area contributed by atoms with Crippen molar-refractivity contribution < 1.29 is 5.11 Å². The summed E-state index contributed by atoms with van der Waals surface area (Å²) in [5.74, 6) is 0. The highest BCUT2D eigenvalue weighted by molar-refractivity contribution is 4.91. The van der Waals surface area contributed by atoms with Gasteiger partial charge in [0.15, 0.2) is 0 Å². The van der Waals surface area contributed by atoms with Crippen molar-refractivity contribution in [1.29, 1.82) is 0 Å². The molecule has 1 aliphatic carbocycles. The third-order valence-corrected chi connectivity index (χ3v) is 1.96. The fourth-order valence-corrected chi connectivity index (χ4v) is 1.10. The molecule has 0 amide bonds. The van der Waals surface area contributed by atoms with Crippen molar-refractivity contribution in [1.82, 2.24) is 0 Å². The first-order valence-corrected chi connectivity index (χ1v) is 3.17. The van der Waals surface area contributed by atoms with Crippen molar-refractivity contribution in [2.75, 3.05) is 6.61 Å². The van der Waals surface area contributed by atoms with Crippen molar-refractivity contribution in [3.63, 3.8) is 0 Å². The molecule has 1 rings (SSSR count). The van der Waals surface area contributed by atoms with Crippen molar-refractivity contribution in [3.05, 3.63) is 0 Å². The molecular formula is C6H13NO. The van der Waals surface area contributed by atoms with Crippen LogP contribution in [0.1, 0.15) is 25.7 Å². The molecule has 0 unspecified atom stereocenters. The van der Waals surface area contributed by atoms with Crippen LogP contribution in [0.3, 0.4) is 0 Å². The van der Waals surface area contributed by atoms with Gasteiger partial charge in [-0.05, 0) is 25.7 Å². The Hall–Kier alpha value is -0.0800. The van der Waals surface area contributed by atoms with E-state index in [0.717, 1.165) is 19.3 Å². The van der Waals surface area contributed by atoms with E-state index < -0.39 is 0 Å². The average Bonchev–Trinajstić information content (AvgIpc) is 1.64. The molecule has 1 aliphatic rings. The molecule has 1 saturated carbocycles. The summed E-state index contributed by atoms with van der Waals surface area (Å²) in [5, 5.41) is 8.49. The van der Waals surface area contributed by atoms with E-state index in [1.54, 1.807) is 0 Å². The van der Waals surface area contributed by atoms with Gasteiger partial charge in [-0.1, -0.05) is 0 Å². The van der Waals surface area contributed by atoms with Crippen molar-refractivity contribution in [2.24, 2.45) is 5.73 Å². The zero-order chi connectivity index (χ0) is 6.04. The van der Waals surface area contributed by atoms with Gasteiger partial charge in [0, 0.05) is 12.1 Å². The van der Waals surface area contributed by atoms with Gasteiger partial charge in [-0.25, -0.2) is 0 Å². The molecule has 0 spiro atoms. The molecule has 3 N–H and O–H groups in total. The van der Waals surface area contributed by atoms with Crippen LogP contribution in [0.15, 0.2) is 0 Å². The molecule has 48 valence electrons. The molecule has 0 aromatic rings. The van der Waals surface area contributed by atoms with Crippen LogP contribution in [-0.4, -0.2) is 17.3 Å². The van der Waals surface area contributed by atoms with E-state index in [1.807, 2.05) is 0 Å². The Morgan fingerprint density at radius 2 is 2.12 bits per heavy atom. The first-order chi connectivity index (χ1) is 3.77. The van der Waals surface area contributed by atoms with Crippen molar-refractivity contribution >= 4 is 0 Å². The normalized spacial score (nSPS) is 24.8. The Labute approximate surface area is 49.7 Å². The summed E-state index contributed by atoms with van der Waals surface area (Å²) in [6.45, 7) is 0.247. The second-order valence-electron chi connectivity index (χ2n) is 2.69. The standard InChI is InChI=1S/C6H13NO/c7-6(4-5-8)2-1-3-6/h8H,1-5,7H2. The van der Waals surface area contributed by atoms with Crippen molar-refractivity contribution in [3.8, 4) is 0 Å². The molecule has 0 aromatic heterocycles. The maximum Gasteiger partial charge on any atom is 0.0448 e. The van der Waals surface area contributed by atoms with Crippen LogP contribution in [0.25, 0.3) is 0 Å². The second kappa shape index (κ2) is 2.03. The molecule has 2 heteroatoms. The van der Waals surface area contributed by atoms with Crippen LogP contribution in [0.4, 0.5) is 0 Å². The van der Waals surface area contributed by atoms with Gasteiger partial charge in [0.1, 0.15) is 0 Å². The quantitative estimate of drug-likeness (QED) is 0.542. The van der Waals surface area contributed by atoms with Crippen LogP contribution in [0, 0.1) is 0 Å². The minimum atomic E-state index is 0.0226. The molecule has 0 heterocycles. The number of rotatable bonds is 2. The van der Waals surface area contributed by atoms with Gasteiger partial charge in [0.05, 0.1) is 0 Å². The van der Waals surface area contributed by atoms with Gasteiger partial charge in [0.25, 0.3) is 0 Å². The lowest BCUT2D eigenvalue weighted by atomic mass is 9.76. The largest absolute Gasteiger partial charge is 0.396 e. The highest BCUT2D eigenvalue weighted by Crippen LogP contribution is 2.31.